The molecule has 20 nitrogen and oxygen atoms in total. The second-order valence-electron chi connectivity index (χ2n) is 31.8. The number of Topliss-reactive ketones (excluding diaryl/α,β-unsaturated/α-hetero) is 5. The number of rotatable bonds is 35. The van der Waals surface area contributed by atoms with Crippen molar-refractivity contribution in [3.63, 3.8) is 0 Å². The van der Waals surface area contributed by atoms with E-state index in [2.05, 4.69) is 72.9 Å². The smallest absolute Gasteiger partial charge is 0.408 e. The number of benzene rings is 5. The number of alkyl carbamates (subject to hydrolysis) is 1. The number of fused-ring (bicyclic) bond motifs is 8. The minimum atomic E-state index is -0.927. The van der Waals surface area contributed by atoms with Crippen LogP contribution in [0.1, 0.15) is 220 Å². The molecule has 4 aliphatic carbocycles. The molecule has 1 heterocycles. The fraction of sp³-hybridized carbons (Fsp3) is 0.517. The molecule has 2 fully saturated rings. The number of aromatic hydroxyl groups is 1. The standard InChI is InChI=1S/C87H109N7O13/c1-56(2)80(93-78(101)40-48-106-47-14-21-66(95)36-39-79(102)94-54-64-19-8-7-17-59(64)28-29-62-18-9-10-23-71(62)94)73(98)51-63(20-13-46-90-82(89)104)81(103)91-65-33-25-57(26-34-65)55-107-83(105)92-70(22-11-12-45-88)72(97)50-58-24-27-60-31-37-74-84(3,68(60)49-58)41-15-43-86(74,5)76(99)53-77(100)87(6)44-16-42-85(4)69-52-67(96)35-30-61(69)32-38-75(85)87/h7-10,17-19,23-27,30,33-35,49,52,56,63,70,74-75,80,96H,11-16,20-22,31-32,36-48,50-51,53-55,88H2,1-6H3,(H,91,103)(H,92,105)(H,93,101)(H3,89,90,104)/t63-,70+,74-,75-,80+,84-,85-,86+,87+/m1/s1. The fourth-order valence-corrected chi connectivity index (χ4v) is 18.1. The maximum Gasteiger partial charge on any atom is 0.408 e. The number of nitrogens with one attached hydrogen (secondary N) is 4. The zero-order valence-corrected chi connectivity index (χ0v) is 63.3. The number of phenolic OH excluding ortho intramolecular Hbond substituents is 1. The zero-order valence-electron chi connectivity index (χ0n) is 63.3. The van der Waals surface area contributed by atoms with Crippen molar-refractivity contribution in [1.29, 1.82) is 0 Å². The number of nitrogens with zero attached hydrogens (tertiary/aromatic N) is 1. The van der Waals surface area contributed by atoms with Crippen LogP contribution in [-0.4, -0.2) is 102 Å². The molecule has 0 saturated heterocycles. The highest BCUT2D eigenvalue weighted by Gasteiger charge is 2.58. The van der Waals surface area contributed by atoms with Gasteiger partial charge in [-0.3, -0.25) is 38.4 Å². The van der Waals surface area contributed by atoms with E-state index in [0.29, 0.717) is 68.6 Å². The first-order valence-corrected chi connectivity index (χ1v) is 38.7. The number of ether oxygens (including phenoxy) is 2. The van der Waals surface area contributed by atoms with E-state index in [1.807, 2.05) is 66.7 Å². The summed E-state index contributed by atoms with van der Waals surface area (Å²) in [6.07, 6.45) is 9.94. The van der Waals surface area contributed by atoms with Gasteiger partial charge in [0.25, 0.3) is 0 Å². The highest BCUT2D eigenvalue weighted by Crippen LogP contribution is 2.61. The monoisotopic (exact) mass is 1460 g/mol. The number of ketones is 5. The molecule has 20 heteroatoms. The largest absolute Gasteiger partial charge is 0.508 e. The summed E-state index contributed by atoms with van der Waals surface area (Å²) in [6.45, 7) is 13.3. The quantitative estimate of drug-likeness (QED) is 0.0113. The van der Waals surface area contributed by atoms with Gasteiger partial charge in [-0.2, -0.15) is 0 Å². The molecule has 0 unspecified atom stereocenters. The number of unbranched alkanes of at least 4 members (excludes halogenated alkanes) is 1. The molecule has 1 aliphatic heterocycles. The van der Waals surface area contributed by atoms with Crippen LogP contribution in [-0.2, 0) is 91.1 Å². The van der Waals surface area contributed by atoms with E-state index in [1.54, 1.807) is 49.1 Å². The molecule has 5 aromatic carbocycles. The van der Waals surface area contributed by atoms with Crippen molar-refractivity contribution in [1.82, 2.24) is 16.0 Å². The van der Waals surface area contributed by atoms with E-state index in [9.17, 15) is 48.3 Å². The van der Waals surface area contributed by atoms with Gasteiger partial charge < -0.3 is 52.2 Å². The normalized spacial score (nSPS) is 21.9. The summed E-state index contributed by atoms with van der Waals surface area (Å²) in [4.78, 5) is 139. The Morgan fingerprint density at radius 3 is 1.95 bits per heavy atom. The molecule has 107 heavy (non-hydrogen) atoms. The van der Waals surface area contributed by atoms with Gasteiger partial charge in [-0.25, -0.2) is 9.59 Å². The Bertz CT molecular complexity index is 4180. The van der Waals surface area contributed by atoms with Gasteiger partial charge in [-0.1, -0.05) is 133 Å². The van der Waals surface area contributed by atoms with Gasteiger partial charge in [0.15, 0.2) is 11.6 Å². The Morgan fingerprint density at radius 1 is 0.645 bits per heavy atom. The third-order valence-corrected chi connectivity index (χ3v) is 24.1. The van der Waals surface area contributed by atoms with E-state index in [1.165, 1.54) is 11.1 Å². The van der Waals surface area contributed by atoms with Crippen molar-refractivity contribution in [3.05, 3.63) is 159 Å². The number of hydrogen-bond acceptors (Lipinski definition) is 14. The molecule has 0 radical (unpaired) electrons. The predicted molar refractivity (Wildman–Crippen MR) is 411 cm³/mol. The van der Waals surface area contributed by atoms with E-state index >= 15 is 4.79 Å². The number of aryl methyl sites for hydroxylation is 2. The molecule has 570 valence electrons. The lowest BCUT2D eigenvalue weighted by Gasteiger charge is -2.56. The van der Waals surface area contributed by atoms with Crippen LogP contribution in [0.15, 0.2) is 109 Å². The molecule has 2 saturated carbocycles. The van der Waals surface area contributed by atoms with Crippen molar-refractivity contribution < 1.29 is 62.5 Å². The highest BCUT2D eigenvalue weighted by molar-refractivity contribution is 6.05. The summed E-state index contributed by atoms with van der Waals surface area (Å²) in [6, 6.07) is 31.2. The van der Waals surface area contributed by atoms with E-state index in [-0.39, 0.29) is 147 Å². The number of carbonyl (C=O) groups is 10. The molecule has 0 aromatic heterocycles. The van der Waals surface area contributed by atoms with Gasteiger partial charge in [0.1, 0.15) is 29.7 Å². The predicted octanol–water partition coefficient (Wildman–Crippen LogP) is 12.8. The van der Waals surface area contributed by atoms with Crippen LogP contribution in [0.2, 0.25) is 0 Å². The Kier molecular flexibility index (Phi) is 27.0. The first kappa shape index (κ1) is 80.2. The maximum atomic E-state index is 15.0. The van der Waals surface area contributed by atoms with Crippen molar-refractivity contribution in [2.45, 2.75) is 225 Å². The van der Waals surface area contributed by atoms with Crippen LogP contribution in [0.4, 0.5) is 21.0 Å². The topological polar surface area (TPSA) is 313 Å². The lowest BCUT2D eigenvalue weighted by Crippen LogP contribution is -2.55. The van der Waals surface area contributed by atoms with Crippen molar-refractivity contribution in [2.24, 2.45) is 46.0 Å². The molecule has 0 spiro atoms. The fourth-order valence-electron chi connectivity index (χ4n) is 18.1. The number of urea groups is 1. The summed E-state index contributed by atoms with van der Waals surface area (Å²) in [7, 11) is 0. The van der Waals surface area contributed by atoms with Crippen LogP contribution in [0, 0.1) is 46.3 Å². The number of phenols is 1. The van der Waals surface area contributed by atoms with Gasteiger partial charge in [0.2, 0.25) is 17.7 Å². The number of anilines is 2. The van der Waals surface area contributed by atoms with Gasteiger partial charge in [-0.05, 0) is 206 Å². The van der Waals surface area contributed by atoms with Crippen LogP contribution in [0.5, 0.6) is 5.75 Å². The number of primary amides is 1. The molecule has 9 atom stereocenters. The van der Waals surface area contributed by atoms with Crippen LogP contribution >= 0.6 is 0 Å². The Morgan fingerprint density at radius 2 is 1.28 bits per heavy atom. The molecular formula is C87H109N7O13. The van der Waals surface area contributed by atoms with Crippen molar-refractivity contribution in [2.75, 3.05) is 36.5 Å². The summed E-state index contributed by atoms with van der Waals surface area (Å²) in [5.41, 5.74) is 18.9. The molecule has 6 amide bonds. The van der Waals surface area contributed by atoms with Gasteiger partial charge >= 0.3 is 12.1 Å². The Balaban J connectivity index is 0.678. The third-order valence-electron chi connectivity index (χ3n) is 24.1. The first-order valence-electron chi connectivity index (χ1n) is 38.7. The van der Waals surface area contributed by atoms with E-state index in [4.69, 9.17) is 20.9 Å². The summed E-state index contributed by atoms with van der Waals surface area (Å²) in [5, 5.41) is 21.6. The van der Waals surface area contributed by atoms with E-state index in [0.717, 1.165) is 91.2 Å². The minimum absolute atomic E-state index is 0.0103. The average Bonchev–Trinajstić information content (AvgIpc) is 0.726. The summed E-state index contributed by atoms with van der Waals surface area (Å²) < 4.78 is 11.4. The number of para-hydroxylation sites is 1. The molecule has 0 bridgehead atoms. The molecule has 5 aliphatic rings. The molecule has 10 rings (SSSR count). The van der Waals surface area contributed by atoms with Crippen molar-refractivity contribution in [3.8, 4) is 17.6 Å². The second kappa shape index (κ2) is 36.1. The highest BCUT2D eigenvalue weighted by atomic mass is 16.5. The van der Waals surface area contributed by atoms with Crippen LogP contribution in [0.25, 0.3) is 0 Å². The molecule has 5 aromatic rings. The number of nitrogens with two attached hydrogens (primary N) is 2. The van der Waals surface area contributed by atoms with E-state index < -0.39 is 52.8 Å². The minimum Gasteiger partial charge on any atom is -0.508 e. The lowest BCUT2D eigenvalue weighted by molar-refractivity contribution is -0.146. The number of amides is 6. The maximum absolute atomic E-state index is 15.0. The van der Waals surface area contributed by atoms with Gasteiger partial charge in [-0.15, -0.1) is 0 Å². The summed E-state index contributed by atoms with van der Waals surface area (Å²) >= 11 is 0. The average molecular weight is 1460 g/mol. The zero-order chi connectivity index (χ0) is 76.6. The molecule has 9 N–H and O–H groups in total. The SMILES string of the molecule is CC(C)[C@H](NC(=O)CCOCCCC(=O)CCC(=O)N1Cc2ccccc2C#Cc2ccccc21)C(=O)C[C@@H](CCCNC(N)=O)C(=O)Nc1ccc(COC(=O)N[C@@H](CCCCN)C(=O)Cc2ccc3c(c2)[C@@]2(C)CCC[C@](C)(C(=O)CC(=O)[C@@]4(C)CCC[C@]5(C)c6cc(O)ccc6CC[C@@H]45)[C@@H]2CC3)cc1. The van der Waals surface area contributed by atoms with Crippen LogP contribution < -0.4 is 37.6 Å². The van der Waals surface area contributed by atoms with Gasteiger partial charge in [0, 0.05) is 85.2 Å². The Labute approximate surface area is 630 Å². The van der Waals surface area contributed by atoms with Crippen LogP contribution in [0.3, 0.4) is 0 Å². The first-order chi connectivity index (χ1) is 51.2. The van der Waals surface area contributed by atoms with Gasteiger partial charge in [0.05, 0.1) is 37.3 Å². The Hall–Kier alpha value is -9.32. The third kappa shape index (κ3) is 19.5. The number of carbonyl (C=O) groups excluding carboxylic acids is 10. The van der Waals surface area contributed by atoms with Crippen molar-refractivity contribution >= 4 is 70.1 Å². The lowest BCUT2D eigenvalue weighted by atomic mass is 9.47. The summed E-state index contributed by atoms with van der Waals surface area (Å²) in [5.74, 6) is 3.86. The molecular weight excluding hydrogens is 1350 g/mol. The number of hydrogen-bond donors (Lipinski definition) is 7. The second-order valence-corrected chi connectivity index (χ2v) is 31.8.